The Balaban J connectivity index is 1.64. The summed E-state index contributed by atoms with van der Waals surface area (Å²) in [6.45, 7) is 4.25. The third-order valence-electron chi connectivity index (χ3n) is 5.97. The number of rotatable bonds is 7. The average Bonchev–Trinajstić information content (AvgIpc) is 3.30. The van der Waals surface area contributed by atoms with E-state index in [0.717, 1.165) is 24.0 Å². The van der Waals surface area contributed by atoms with Gasteiger partial charge in [0.15, 0.2) is 5.75 Å². The van der Waals surface area contributed by atoms with Gasteiger partial charge in [0.05, 0.1) is 34.2 Å². The summed E-state index contributed by atoms with van der Waals surface area (Å²) < 4.78 is 7.01. The Labute approximate surface area is 201 Å². The van der Waals surface area contributed by atoms with E-state index in [-0.39, 0.29) is 28.6 Å². The van der Waals surface area contributed by atoms with Gasteiger partial charge in [0, 0.05) is 5.56 Å². The molecule has 0 fully saturated rings. The van der Waals surface area contributed by atoms with Gasteiger partial charge in [-0.15, -0.1) is 0 Å². The number of halogens is 1. The Morgan fingerprint density at radius 2 is 1.91 bits per heavy atom. The maximum Gasteiger partial charge on any atom is 0.253 e. The van der Waals surface area contributed by atoms with Gasteiger partial charge in [-0.25, -0.2) is 0 Å². The molecule has 1 unspecified atom stereocenters. The fourth-order valence-electron chi connectivity index (χ4n) is 3.90. The Bertz CT molecular complexity index is 1270. The van der Waals surface area contributed by atoms with Gasteiger partial charge in [-0.1, -0.05) is 31.5 Å². The predicted molar refractivity (Wildman–Crippen MR) is 134 cm³/mol. The van der Waals surface area contributed by atoms with Gasteiger partial charge in [-0.05, 0) is 68.1 Å². The second-order valence-electron chi connectivity index (χ2n) is 9.02. The van der Waals surface area contributed by atoms with Crippen molar-refractivity contribution in [1.29, 1.82) is 0 Å². The number of furan rings is 1. The smallest absolute Gasteiger partial charge is 0.253 e. The van der Waals surface area contributed by atoms with Crippen LogP contribution < -0.4 is 21.5 Å². The molecule has 1 aromatic heterocycles. The molecule has 2 aromatic carbocycles. The highest BCUT2D eigenvalue weighted by Crippen LogP contribution is 2.43. The van der Waals surface area contributed by atoms with E-state index in [1.807, 2.05) is 20.2 Å². The van der Waals surface area contributed by atoms with E-state index in [1.165, 1.54) is 11.9 Å². The van der Waals surface area contributed by atoms with Crippen molar-refractivity contribution in [3.63, 3.8) is 0 Å². The SMILES string of the molecule is CN(C)Sc1c(Cl)ccc(Nc2c(NC3C=C(c4ccoc4)CCC3(C)C)c(=O)c2=O)c1O. The summed E-state index contributed by atoms with van der Waals surface area (Å²) in [5, 5.41) is 17.3. The highest BCUT2D eigenvalue weighted by atomic mass is 35.5. The molecular weight excluding hydrogens is 462 g/mol. The Morgan fingerprint density at radius 3 is 2.58 bits per heavy atom. The number of phenolic OH excluding ortho intramolecular Hbond substituents is 1. The summed E-state index contributed by atoms with van der Waals surface area (Å²) in [5.74, 6) is -0.0830. The summed E-state index contributed by atoms with van der Waals surface area (Å²) in [7, 11) is 3.66. The minimum absolute atomic E-state index is 0.0830. The quantitative estimate of drug-likeness (QED) is 0.237. The zero-order valence-corrected chi connectivity index (χ0v) is 20.4. The minimum Gasteiger partial charge on any atom is -0.505 e. The van der Waals surface area contributed by atoms with E-state index in [2.05, 4.69) is 30.6 Å². The Hall–Kier alpha value is -2.68. The van der Waals surface area contributed by atoms with Crippen molar-refractivity contribution in [2.75, 3.05) is 24.7 Å². The van der Waals surface area contributed by atoms with Gasteiger partial charge < -0.3 is 20.2 Å². The molecule has 7 nitrogen and oxygen atoms in total. The van der Waals surface area contributed by atoms with Gasteiger partial charge >= 0.3 is 0 Å². The molecule has 3 N–H and O–H groups in total. The number of benzene rings is 1. The molecule has 0 amide bonds. The number of nitrogens with zero attached hydrogens (tertiary/aromatic N) is 1. The molecule has 33 heavy (non-hydrogen) atoms. The van der Waals surface area contributed by atoms with Crippen LogP contribution in [0.15, 0.2) is 55.7 Å². The lowest BCUT2D eigenvalue weighted by Gasteiger charge is -2.38. The van der Waals surface area contributed by atoms with Crippen LogP contribution in [-0.2, 0) is 0 Å². The van der Waals surface area contributed by atoms with Crippen LogP contribution in [0.1, 0.15) is 32.3 Å². The summed E-state index contributed by atoms with van der Waals surface area (Å²) in [5.41, 5.74) is 1.47. The third-order valence-corrected chi connectivity index (χ3v) is 7.36. The molecule has 0 saturated heterocycles. The number of anilines is 3. The number of aromatic hydroxyl groups is 1. The molecule has 1 aliphatic carbocycles. The summed E-state index contributed by atoms with van der Waals surface area (Å²) in [6, 6.07) is 4.97. The van der Waals surface area contributed by atoms with Crippen LogP contribution in [0.2, 0.25) is 5.02 Å². The lowest BCUT2D eigenvalue weighted by molar-refractivity contribution is 0.307. The van der Waals surface area contributed by atoms with Gasteiger partial charge in [0.25, 0.3) is 10.9 Å². The second-order valence-corrected chi connectivity index (χ2v) is 10.8. The fourth-order valence-corrected chi connectivity index (χ4v) is 4.88. The van der Waals surface area contributed by atoms with Gasteiger partial charge in [-0.2, -0.15) is 0 Å². The number of allylic oxidation sites excluding steroid dienone is 1. The van der Waals surface area contributed by atoms with Crippen LogP contribution in [0.5, 0.6) is 5.75 Å². The molecule has 1 heterocycles. The van der Waals surface area contributed by atoms with Crippen molar-refractivity contribution in [3.05, 3.63) is 67.8 Å². The zero-order valence-electron chi connectivity index (χ0n) is 18.9. The Morgan fingerprint density at radius 1 is 1.18 bits per heavy atom. The van der Waals surface area contributed by atoms with Gasteiger partial charge in [0.2, 0.25) is 0 Å². The van der Waals surface area contributed by atoms with Crippen LogP contribution in [0.4, 0.5) is 17.1 Å². The minimum atomic E-state index is -0.624. The van der Waals surface area contributed by atoms with E-state index in [4.69, 9.17) is 16.0 Å². The summed E-state index contributed by atoms with van der Waals surface area (Å²) in [6.07, 6.45) is 7.24. The second kappa shape index (κ2) is 8.93. The topological polar surface area (TPSA) is 94.8 Å². The van der Waals surface area contributed by atoms with Crippen molar-refractivity contribution in [2.45, 2.75) is 37.6 Å². The first-order valence-electron chi connectivity index (χ1n) is 10.6. The number of phenols is 1. The van der Waals surface area contributed by atoms with Crippen LogP contribution in [0, 0.1) is 5.41 Å². The van der Waals surface area contributed by atoms with E-state index in [0.29, 0.717) is 15.6 Å². The fraction of sp³-hybridized carbons (Fsp3) is 0.333. The van der Waals surface area contributed by atoms with Crippen molar-refractivity contribution < 1.29 is 9.52 Å². The number of hydrogen-bond acceptors (Lipinski definition) is 8. The largest absolute Gasteiger partial charge is 0.505 e. The van der Waals surface area contributed by atoms with Crippen molar-refractivity contribution in [1.82, 2.24) is 4.31 Å². The zero-order chi connectivity index (χ0) is 23.9. The van der Waals surface area contributed by atoms with E-state index < -0.39 is 10.9 Å². The standard InChI is InChI=1S/C24H26ClN3O4S/c1-24(2)9-7-13(14-8-10-32-12-14)11-17(24)27-19-18(21(30)22(19)31)26-16-6-5-15(25)23(20(16)29)33-28(3)4/h5-6,8,10-12,17,26-27,29H,7,9H2,1-4H3. The molecule has 174 valence electrons. The molecule has 1 atom stereocenters. The predicted octanol–water partition coefficient (Wildman–Crippen LogP) is 5.23. The summed E-state index contributed by atoms with van der Waals surface area (Å²) >= 11 is 7.49. The van der Waals surface area contributed by atoms with E-state index in [9.17, 15) is 14.7 Å². The van der Waals surface area contributed by atoms with Crippen molar-refractivity contribution >= 4 is 46.2 Å². The van der Waals surface area contributed by atoms with E-state index in [1.54, 1.807) is 29.0 Å². The van der Waals surface area contributed by atoms with Gasteiger partial charge in [0.1, 0.15) is 11.4 Å². The first-order chi connectivity index (χ1) is 15.6. The van der Waals surface area contributed by atoms with Crippen molar-refractivity contribution in [3.8, 4) is 5.75 Å². The first kappa shape index (κ1) is 23.5. The number of nitrogens with one attached hydrogen (secondary N) is 2. The molecule has 0 radical (unpaired) electrons. The molecule has 3 aromatic rings. The maximum absolute atomic E-state index is 12.5. The third kappa shape index (κ3) is 4.55. The van der Waals surface area contributed by atoms with Crippen LogP contribution >= 0.6 is 23.5 Å². The van der Waals surface area contributed by atoms with Crippen LogP contribution in [0.25, 0.3) is 5.57 Å². The normalized spacial score (nSPS) is 17.9. The molecule has 0 aliphatic heterocycles. The highest BCUT2D eigenvalue weighted by molar-refractivity contribution is 7.97. The first-order valence-corrected chi connectivity index (χ1v) is 11.7. The summed E-state index contributed by atoms with van der Waals surface area (Å²) in [4.78, 5) is 25.3. The van der Waals surface area contributed by atoms with Gasteiger partial charge in [-0.3, -0.25) is 13.9 Å². The Kier molecular flexibility index (Phi) is 6.35. The maximum atomic E-state index is 12.5. The monoisotopic (exact) mass is 487 g/mol. The molecule has 0 spiro atoms. The van der Waals surface area contributed by atoms with Crippen LogP contribution in [0.3, 0.4) is 0 Å². The molecule has 9 heteroatoms. The van der Waals surface area contributed by atoms with Crippen molar-refractivity contribution in [2.24, 2.45) is 5.41 Å². The van der Waals surface area contributed by atoms with Crippen LogP contribution in [-0.4, -0.2) is 29.5 Å². The number of hydrogen-bond donors (Lipinski definition) is 3. The van der Waals surface area contributed by atoms with E-state index >= 15 is 0 Å². The molecular formula is C24H26ClN3O4S. The average molecular weight is 488 g/mol. The molecule has 4 rings (SSSR count). The molecule has 0 bridgehead atoms. The highest BCUT2D eigenvalue weighted by Gasteiger charge is 2.35. The molecule has 0 saturated carbocycles. The lowest BCUT2D eigenvalue weighted by Crippen LogP contribution is -2.44. The lowest BCUT2D eigenvalue weighted by atomic mass is 9.73. The molecule has 1 aliphatic rings.